The number of amides is 3. The first-order valence-electron chi connectivity index (χ1n) is 9.86. The number of carbonyl (C=O) groups excluding carboxylic acids is 3. The molecule has 1 N–H and O–H groups in total. The van der Waals surface area contributed by atoms with Crippen molar-refractivity contribution in [3.63, 3.8) is 0 Å². The molecule has 168 valence electrons. The molecule has 32 heavy (non-hydrogen) atoms. The van der Waals surface area contributed by atoms with Gasteiger partial charge in [0.25, 0.3) is 11.1 Å². The van der Waals surface area contributed by atoms with Gasteiger partial charge < -0.3 is 14.8 Å². The van der Waals surface area contributed by atoms with Crippen LogP contribution in [0, 0.1) is 13.8 Å². The molecule has 2 aromatic rings. The summed E-state index contributed by atoms with van der Waals surface area (Å²) in [6.07, 6.45) is 1.59. The highest BCUT2D eigenvalue weighted by atomic mass is 79.9. The Morgan fingerprint density at radius 2 is 2.00 bits per heavy atom. The minimum absolute atomic E-state index is 0.229. The molecular formula is C23H23BrN2O5S. The predicted molar refractivity (Wildman–Crippen MR) is 129 cm³/mol. The lowest BCUT2D eigenvalue weighted by Gasteiger charge is -2.14. The number of thioether (sulfide) groups is 1. The van der Waals surface area contributed by atoms with Crippen molar-refractivity contribution in [2.45, 2.75) is 20.8 Å². The number of anilines is 1. The van der Waals surface area contributed by atoms with E-state index >= 15 is 0 Å². The quantitative estimate of drug-likeness (QED) is 0.510. The van der Waals surface area contributed by atoms with E-state index < -0.39 is 17.1 Å². The average Bonchev–Trinajstić information content (AvgIpc) is 3.00. The van der Waals surface area contributed by atoms with Crippen molar-refractivity contribution in [2.24, 2.45) is 0 Å². The van der Waals surface area contributed by atoms with Crippen molar-refractivity contribution in [3.05, 3.63) is 56.4 Å². The van der Waals surface area contributed by atoms with E-state index in [-0.39, 0.29) is 11.4 Å². The molecule has 1 aliphatic rings. The van der Waals surface area contributed by atoms with Crippen molar-refractivity contribution in [3.8, 4) is 11.5 Å². The number of halogens is 1. The van der Waals surface area contributed by atoms with E-state index in [2.05, 4.69) is 21.2 Å². The Hall–Kier alpha value is -2.78. The Balaban J connectivity index is 1.77. The van der Waals surface area contributed by atoms with Gasteiger partial charge in [-0.05, 0) is 89.4 Å². The van der Waals surface area contributed by atoms with Gasteiger partial charge in [-0.25, -0.2) is 0 Å². The molecule has 1 heterocycles. The molecule has 0 unspecified atom stereocenters. The molecular weight excluding hydrogens is 496 g/mol. The zero-order valence-electron chi connectivity index (χ0n) is 18.2. The lowest BCUT2D eigenvalue weighted by Crippen LogP contribution is -2.36. The maximum Gasteiger partial charge on any atom is 0.294 e. The second kappa shape index (κ2) is 10.2. The number of rotatable bonds is 7. The highest BCUT2D eigenvalue weighted by Gasteiger charge is 2.36. The lowest BCUT2D eigenvalue weighted by atomic mass is 10.1. The highest BCUT2D eigenvalue weighted by Crippen LogP contribution is 2.39. The Morgan fingerprint density at radius 3 is 2.69 bits per heavy atom. The first-order valence-corrected chi connectivity index (χ1v) is 11.5. The number of hydrogen-bond acceptors (Lipinski definition) is 6. The van der Waals surface area contributed by atoms with Gasteiger partial charge in [-0.15, -0.1) is 0 Å². The van der Waals surface area contributed by atoms with Crippen molar-refractivity contribution < 1.29 is 23.9 Å². The van der Waals surface area contributed by atoms with Crippen molar-refractivity contribution in [1.29, 1.82) is 0 Å². The fourth-order valence-electron chi connectivity index (χ4n) is 3.12. The number of imide groups is 1. The molecule has 1 saturated heterocycles. The molecule has 3 amide bonds. The summed E-state index contributed by atoms with van der Waals surface area (Å²) < 4.78 is 11.6. The molecule has 0 aliphatic carbocycles. The van der Waals surface area contributed by atoms with Gasteiger partial charge in [-0.3, -0.25) is 19.3 Å². The van der Waals surface area contributed by atoms with Gasteiger partial charge in [0.2, 0.25) is 5.91 Å². The van der Waals surface area contributed by atoms with E-state index in [0.29, 0.717) is 33.8 Å². The summed E-state index contributed by atoms with van der Waals surface area (Å²) in [5, 5.41) is 2.28. The van der Waals surface area contributed by atoms with Crippen LogP contribution in [0.5, 0.6) is 11.5 Å². The smallest absolute Gasteiger partial charge is 0.294 e. The SMILES string of the molecule is CCOc1c(Br)cc(/C=C2/SC(=O)N(CC(=O)Nc3cccc(C)c3C)C2=O)cc1OC. The topological polar surface area (TPSA) is 84.9 Å². The van der Waals surface area contributed by atoms with E-state index in [1.165, 1.54) is 7.11 Å². The van der Waals surface area contributed by atoms with Gasteiger partial charge in [0.05, 0.1) is 23.1 Å². The van der Waals surface area contributed by atoms with Crippen LogP contribution in [-0.2, 0) is 9.59 Å². The average molecular weight is 519 g/mol. The maximum absolute atomic E-state index is 12.8. The molecule has 9 heteroatoms. The van der Waals surface area contributed by atoms with Crippen LogP contribution in [0.15, 0.2) is 39.7 Å². The van der Waals surface area contributed by atoms with E-state index in [1.807, 2.05) is 32.9 Å². The molecule has 0 bridgehead atoms. The van der Waals surface area contributed by atoms with Crippen LogP contribution in [0.2, 0.25) is 0 Å². The van der Waals surface area contributed by atoms with Crippen molar-refractivity contribution in [2.75, 3.05) is 25.6 Å². The largest absolute Gasteiger partial charge is 0.493 e. The van der Waals surface area contributed by atoms with Gasteiger partial charge in [-0.2, -0.15) is 0 Å². The van der Waals surface area contributed by atoms with Crippen LogP contribution in [0.1, 0.15) is 23.6 Å². The molecule has 7 nitrogen and oxygen atoms in total. The molecule has 0 aromatic heterocycles. The molecule has 0 atom stereocenters. The standard InChI is InChI=1S/C23H23BrN2O5S/c1-5-31-21-16(24)9-15(10-18(21)30-4)11-19-22(28)26(23(29)32-19)12-20(27)25-17-8-6-7-13(2)14(17)3/h6-11H,5,12H2,1-4H3,(H,25,27)/b19-11+. The van der Waals surface area contributed by atoms with Gasteiger partial charge in [0.15, 0.2) is 11.5 Å². The second-order valence-corrected chi connectivity index (χ2v) is 8.88. The molecule has 0 saturated carbocycles. The highest BCUT2D eigenvalue weighted by molar-refractivity contribution is 9.10. The normalized spacial score (nSPS) is 14.8. The molecule has 3 rings (SSSR count). The third kappa shape index (κ3) is 5.16. The summed E-state index contributed by atoms with van der Waals surface area (Å²) in [6.45, 7) is 5.83. The number of benzene rings is 2. The number of aryl methyl sites for hydroxylation is 1. The summed E-state index contributed by atoms with van der Waals surface area (Å²) in [5.74, 6) is 0.107. The molecule has 2 aromatic carbocycles. The minimum Gasteiger partial charge on any atom is -0.493 e. The van der Waals surface area contributed by atoms with E-state index in [0.717, 1.165) is 27.8 Å². The Labute approximate surface area is 199 Å². The van der Waals surface area contributed by atoms with Crippen LogP contribution < -0.4 is 14.8 Å². The Kier molecular flexibility index (Phi) is 7.63. The molecule has 0 spiro atoms. The molecule has 0 radical (unpaired) electrons. The number of carbonyl (C=O) groups is 3. The number of hydrogen-bond donors (Lipinski definition) is 1. The summed E-state index contributed by atoms with van der Waals surface area (Å²) >= 11 is 4.24. The van der Waals surface area contributed by atoms with Crippen LogP contribution in [0.4, 0.5) is 10.5 Å². The number of nitrogens with zero attached hydrogens (tertiary/aromatic N) is 1. The van der Waals surface area contributed by atoms with Gasteiger partial charge in [-0.1, -0.05) is 12.1 Å². The second-order valence-electron chi connectivity index (χ2n) is 7.03. The summed E-state index contributed by atoms with van der Waals surface area (Å²) in [4.78, 5) is 38.9. The van der Waals surface area contributed by atoms with Gasteiger partial charge >= 0.3 is 0 Å². The first kappa shape index (κ1) is 23.9. The first-order chi connectivity index (χ1) is 15.2. The monoisotopic (exact) mass is 518 g/mol. The fourth-order valence-corrected chi connectivity index (χ4v) is 4.53. The van der Waals surface area contributed by atoms with Crippen molar-refractivity contribution in [1.82, 2.24) is 4.90 Å². The molecule has 1 fully saturated rings. The van der Waals surface area contributed by atoms with Crippen LogP contribution in [-0.4, -0.2) is 42.2 Å². The maximum atomic E-state index is 12.8. The minimum atomic E-state index is -0.514. The third-order valence-corrected chi connectivity index (χ3v) is 6.39. The van der Waals surface area contributed by atoms with Gasteiger partial charge in [0, 0.05) is 5.69 Å². The van der Waals surface area contributed by atoms with E-state index in [1.54, 1.807) is 24.3 Å². The lowest BCUT2D eigenvalue weighted by molar-refractivity contribution is -0.127. The zero-order valence-corrected chi connectivity index (χ0v) is 20.6. The summed E-state index contributed by atoms with van der Waals surface area (Å²) in [7, 11) is 1.52. The van der Waals surface area contributed by atoms with Gasteiger partial charge in [0.1, 0.15) is 6.54 Å². The third-order valence-electron chi connectivity index (χ3n) is 4.89. The number of methoxy groups -OCH3 is 1. The Bertz CT molecular complexity index is 1120. The number of nitrogens with one attached hydrogen (secondary N) is 1. The van der Waals surface area contributed by atoms with E-state index in [9.17, 15) is 14.4 Å². The summed E-state index contributed by atoms with van der Waals surface area (Å²) in [6, 6.07) is 9.06. The van der Waals surface area contributed by atoms with Crippen LogP contribution in [0.25, 0.3) is 6.08 Å². The predicted octanol–water partition coefficient (Wildman–Crippen LogP) is 5.15. The van der Waals surface area contributed by atoms with Crippen LogP contribution in [0.3, 0.4) is 0 Å². The van der Waals surface area contributed by atoms with Crippen molar-refractivity contribution >= 4 is 56.5 Å². The van der Waals surface area contributed by atoms with E-state index in [4.69, 9.17) is 9.47 Å². The Morgan fingerprint density at radius 1 is 1.25 bits per heavy atom. The van der Waals surface area contributed by atoms with Crippen LogP contribution >= 0.6 is 27.7 Å². The zero-order chi connectivity index (χ0) is 23.4. The fraction of sp³-hybridized carbons (Fsp3) is 0.261. The summed E-state index contributed by atoms with van der Waals surface area (Å²) in [5.41, 5.74) is 3.28. The molecule has 1 aliphatic heterocycles. The number of ether oxygens (including phenoxy) is 2.